The van der Waals surface area contributed by atoms with Crippen molar-refractivity contribution >= 4 is 0 Å². The van der Waals surface area contributed by atoms with Gasteiger partial charge in [-0.25, -0.2) is 0 Å². The number of hydrogen-bond acceptors (Lipinski definition) is 2. The van der Waals surface area contributed by atoms with Gasteiger partial charge in [-0.1, -0.05) is 32.9 Å². The summed E-state index contributed by atoms with van der Waals surface area (Å²) < 4.78 is 5.65. The van der Waals surface area contributed by atoms with Crippen LogP contribution in [0.5, 0.6) is 5.75 Å². The summed E-state index contributed by atoms with van der Waals surface area (Å²) in [6.07, 6.45) is 5.30. The molecule has 0 bridgehead atoms. The van der Waals surface area contributed by atoms with E-state index in [1.807, 2.05) is 13.0 Å². The Morgan fingerprint density at radius 2 is 1.86 bits per heavy atom. The van der Waals surface area contributed by atoms with Crippen molar-refractivity contribution in [3.8, 4) is 5.75 Å². The highest BCUT2D eigenvalue weighted by atomic mass is 16.5. The van der Waals surface area contributed by atoms with Crippen LogP contribution in [0.3, 0.4) is 0 Å². The van der Waals surface area contributed by atoms with Crippen LogP contribution in [0, 0.1) is 17.3 Å². The number of rotatable bonds is 5. The van der Waals surface area contributed by atoms with E-state index in [4.69, 9.17) is 10.5 Å². The first-order valence-electron chi connectivity index (χ1n) is 8.88. The van der Waals surface area contributed by atoms with Crippen LogP contribution in [0.2, 0.25) is 0 Å². The fourth-order valence-electron chi connectivity index (χ4n) is 3.99. The summed E-state index contributed by atoms with van der Waals surface area (Å²) in [6, 6.07) is 8.55. The zero-order valence-corrected chi connectivity index (χ0v) is 14.8. The standard InChI is InChI=1S/C20H33NO/c1-5-22-18-8-6-7-16(13-18)19(14-21)15-9-11-17(12-10-15)20(2,3)4/h6-8,13,15,17,19H,5,9-12,14,21H2,1-4H3. The summed E-state index contributed by atoms with van der Waals surface area (Å²) in [4.78, 5) is 0. The minimum absolute atomic E-state index is 0.443. The molecule has 2 rings (SSSR count). The minimum atomic E-state index is 0.443. The van der Waals surface area contributed by atoms with Crippen LogP contribution in [-0.2, 0) is 0 Å². The third-order valence-corrected chi connectivity index (χ3v) is 5.42. The van der Waals surface area contributed by atoms with Crippen molar-refractivity contribution in [2.75, 3.05) is 13.2 Å². The quantitative estimate of drug-likeness (QED) is 0.832. The van der Waals surface area contributed by atoms with E-state index in [0.717, 1.165) is 24.1 Å². The van der Waals surface area contributed by atoms with E-state index < -0.39 is 0 Å². The highest BCUT2D eigenvalue weighted by Crippen LogP contribution is 2.44. The smallest absolute Gasteiger partial charge is 0.119 e. The number of hydrogen-bond donors (Lipinski definition) is 1. The third-order valence-electron chi connectivity index (χ3n) is 5.42. The van der Waals surface area contributed by atoms with Crippen molar-refractivity contribution in [1.82, 2.24) is 0 Å². The van der Waals surface area contributed by atoms with Crippen LogP contribution in [-0.4, -0.2) is 13.2 Å². The molecule has 1 aromatic rings. The molecular weight excluding hydrogens is 270 g/mol. The van der Waals surface area contributed by atoms with E-state index in [0.29, 0.717) is 17.9 Å². The molecule has 0 aromatic heterocycles. The molecule has 22 heavy (non-hydrogen) atoms. The molecule has 2 heteroatoms. The summed E-state index contributed by atoms with van der Waals surface area (Å²) in [5.41, 5.74) is 7.94. The van der Waals surface area contributed by atoms with Gasteiger partial charge in [0.05, 0.1) is 6.61 Å². The monoisotopic (exact) mass is 303 g/mol. The van der Waals surface area contributed by atoms with Crippen molar-refractivity contribution in [3.05, 3.63) is 29.8 Å². The van der Waals surface area contributed by atoms with Crippen LogP contribution in [0.1, 0.15) is 64.9 Å². The van der Waals surface area contributed by atoms with E-state index in [1.165, 1.54) is 31.2 Å². The molecular formula is C20H33NO. The second-order valence-corrected chi connectivity index (χ2v) is 7.83. The zero-order chi connectivity index (χ0) is 16.2. The lowest BCUT2D eigenvalue weighted by Gasteiger charge is -2.39. The lowest BCUT2D eigenvalue weighted by molar-refractivity contribution is 0.140. The van der Waals surface area contributed by atoms with E-state index in [2.05, 4.69) is 39.0 Å². The van der Waals surface area contributed by atoms with Crippen molar-refractivity contribution < 1.29 is 4.74 Å². The first-order valence-corrected chi connectivity index (χ1v) is 8.88. The van der Waals surface area contributed by atoms with Crippen molar-refractivity contribution in [1.29, 1.82) is 0 Å². The fourth-order valence-corrected chi connectivity index (χ4v) is 3.99. The normalized spacial score (nSPS) is 24.0. The van der Waals surface area contributed by atoms with Gasteiger partial charge in [-0.15, -0.1) is 0 Å². The molecule has 1 saturated carbocycles. The Morgan fingerprint density at radius 3 is 2.41 bits per heavy atom. The molecule has 1 fully saturated rings. The first-order chi connectivity index (χ1) is 10.5. The lowest BCUT2D eigenvalue weighted by Crippen LogP contribution is -2.30. The van der Waals surface area contributed by atoms with Crippen LogP contribution in [0.4, 0.5) is 0 Å². The van der Waals surface area contributed by atoms with Gasteiger partial charge in [0.15, 0.2) is 0 Å². The molecule has 0 amide bonds. The second-order valence-electron chi connectivity index (χ2n) is 7.83. The molecule has 1 unspecified atom stereocenters. The molecule has 1 atom stereocenters. The SMILES string of the molecule is CCOc1cccc(C(CN)C2CCC(C(C)(C)C)CC2)c1. The maximum Gasteiger partial charge on any atom is 0.119 e. The maximum absolute atomic E-state index is 6.14. The zero-order valence-electron chi connectivity index (χ0n) is 14.8. The molecule has 1 aliphatic carbocycles. The van der Waals surface area contributed by atoms with Gasteiger partial charge >= 0.3 is 0 Å². The highest BCUT2D eigenvalue weighted by molar-refractivity contribution is 5.31. The van der Waals surface area contributed by atoms with E-state index in [9.17, 15) is 0 Å². The summed E-state index contributed by atoms with van der Waals surface area (Å²) in [7, 11) is 0. The average Bonchev–Trinajstić information content (AvgIpc) is 2.48. The second kappa shape index (κ2) is 7.50. The predicted octanol–water partition coefficient (Wildman–Crippen LogP) is 4.98. The summed E-state index contributed by atoms with van der Waals surface area (Å²) >= 11 is 0. The van der Waals surface area contributed by atoms with Gasteiger partial charge < -0.3 is 10.5 Å². The predicted molar refractivity (Wildman–Crippen MR) is 94.3 cm³/mol. The van der Waals surface area contributed by atoms with Crippen LogP contribution < -0.4 is 10.5 Å². The maximum atomic E-state index is 6.14. The van der Waals surface area contributed by atoms with Gasteiger partial charge in [-0.05, 0) is 80.0 Å². The molecule has 0 aliphatic heterocycles. The Hall–Kier alpha value is -1.02. The molecule has 2 nitrogen and oxygen atoms in total. The number of ether oxygens (including phenoxy) is 1. The van der Waals surface area contributed by atoms with Gasteiger partial charge in [0.25, 0.3) is 0 Å². The molecule has 0 spiro atoms. The summed E-state index contributed by atoms with van der Waals surface area (Å²) in [6.45, 7) is 10.6. The molecule has 0 saturated heterocycles. The first kappa shape index (κ1) is 17.3. The molecule has 1 aliphatic rings. The minimum Gasteiger partial charge on any atom is -0.494 e. The highest BCUT2D eigenvalue weighted by Gasteiger charge is 2.33. The largest absolute Gasteiger partial charge is 0.494 e. The Labute approximate surface area is 136 Å². The lowest BCUT2D eigenvalue weighted by atomic mass is 9.66. The molecule has 0 heterocycles. The van der Waals surface area contributed by atoms with Gasteiger partial charge in [-0.3, -0.25) is 0 Å². The topological polar surface area (TPSA) is 35.2 Å². The van der Waals surface area contributed by atoms with Crippen LogP contribution in [0.15, 0.2) is 24.3 Å². The molecule has 1 aromatic carbocycles. The van der Waals surface area contributed by atoms with Crippen molar-refractivity contribution in [2.45, 2.75) is 59.3 Å². The average molecular weight is 303 g/mol. The fraction of sp³-hybridized carbons (Fsp3) is 0.700. The number of benzene rings is 1. The van der Waals surface area contributed by atoms with Gasteiger partial charge in [0.1, 0.15) is 5.75 Å². The van der Waals surface area contributed by atoms with E-state index >= 15 is 0 Å². The Bertz CT molecular complexity index is 455. The Balaban J connectivity index is 2.05. The van der Waals surface area contributed by atoms with Gasteiger partial charge in [0.2, 0.25) is 0 Å². The van der Waals surface area contributed by atoms with E-state index in [-0.39, 0.29) is 0 Å². The summed E-state index contributed by atoms with van der Waals surface area (Å²) in [5.74, 6) is 3.03. The molecule has 124 valence electrons. The van der Waals surface area contributed by atoms with E-state index in [1.54, 1.807) is 0 Å². The molecule has 2 N–H and O–H groups in total. The van der Waals surface area contributed by atoms with Gasteiger partial charge in [-0.2, -0.15) is 0 Å². The molecule has 0 radical (unpaired) electrons. The third kappa shape index (κ3) is 4.25. The Kier molecular flexibility index (Phi) is 5.91. The van der Waals surface area contributed by atoms with Crippen LogP contribution in [0.25, 0.3) is 0 Å². The van der Waals surface area contributed by atoms with Crippen molar-refractivity contribution in [2.24, 2.45) is 23.0 Å². The van der Waals surface area contributed by atoms with Crippen LogP contribution >= 0.6 is 0 Å². The van der Waals surface area contributed by atoms with Crippen molar-refractivity contribution in [3.63, 3.8) is 0 Å². The Morgan fingerprint density at radius 1 is 1.18 bits per heavy atom. The summed E-state index contributed by atoms with van der Waals surface area (Å²) in [5, 5.41) is 0. The van der Waals surface area contributed by atoms with Gasteiger partial charge in [0, 0.05) is 0 Å². The number of nitrogens with two attached hydrogens (primary N) is 1.